The number of halogens is 1. The molecule has 0 fully saturated rings. The molecule has 20 valence electrons. The van der Waals surface area contributed by atoms with Crippen molar-refractivity contribution in [3.05, 3.63) is 0 Å². The van der Waals surface area contributed by atoms with Crippen molar-refractivity contribution in [2.24, 2.45) is 0 Å². The van der Waals surface area contributed by atoms with Gasteiger partial charge in [0.15, 0.2) is 0 Å². The zero-order valence-corrected chi connectivity index (χ0v) is 5.79. The maximum Gasteiger partial charge on any atom is 1.00 e. The van der Waals surface area contributed by atoms with Crippen LogP contribution in [0.15, 0.2) is 0 Å². The minimum Gasteiger partial charge on any atom is 1.00 e. The van der Waals surface area contributed by atoms with Crippen LogP contribution in [0.4, 0.5) is 0 Å². The number of rotatable bonds is 1. The Hall–Kier alpha value is 0.583. The summed E-state index contributed by atoms with van der Waals surface area (Å²) in [6, 6.07) is 0. The summed E-state index contributed by atoms with van der Waals surface area (Å²) in [5.41, 5.74) is 0. The SMILES string of the molecule is O=[CH][Zn][Cl].[H+]. The fraction of sp³-hybridized carbons (Fsp3) is 0. The van der Waals surface area contributed by atoms with Crippen molar-refractivity contribution >= 4 is 14.6 Å². The van der Waals surface area contributed by atoms with Crippen molar-refractivity contribution in [3.63, 3.8) is 0 Å². The molecule has 3 heteroatoms. The van der Waals surface area contributed by atoms with E-state index in [1.807, 2.05) is 0 Å². The summed E-state index contributed by atoms with van der Waals surface area (Å²) in [4.78, 5) is 9.95. The molecule has 0 aliphatic carbocycles. The molecule has 4 heavy (non-hydrogen) atoms. The van der Waals surface area contributed by atoms with Crippen molar-refractivity contribution in [3.8, 4) is 0 Å². The summed E-state index contributed by atoms with van der Waals surface area (Å²) < 4.78 is 0. The van der Waals surface area contributed by atoms with E-state index in [0.717, 1.165) is 4.88 Å². The van der Waals surface area contributed by atoms with Crippen LogP contribution in [-0.2, 0) is 20.9 Å². The molecule has 0 aromatic carbocycles. The van der Waals surface area contributed by atoms with Crippen molar-refractivity contribution in [1.29, 1.82) is 0 Å². The van der Waals surface area contributed by atoms with Gasteiger partial charge in [-0.1, -0.05) is 0 Å². The molecule has 0 aromatic heterocycles. The van der Waals surface area contributed by atoms with Crippen LogP contribution in [-0.4, -0.2) is 4.88 Å². The Labute approximate surface area is 37.5 Å². The minimum absolute atomic E-state index is 0. The average molecular weight is 131 g/mol. The van der Waals surface area contributed by atoms with Gasteiger partial charge in [-0.05, 0) is 0 Å². The molecule has 1 nitrogen and oxygen atoms in total. The van der Waals surface area contributed by atoms with Crippen LogP contribution in [0.3, 0.4) is 0 Å². The molecule has 0 aromatic rings. The molecule has 0 saturated carbocycles. The second-order valence-electron chi connectivity index (χ2n) is 0.321. The molecule has 0 radical (unpaired) electrons. The summed E-state index contributed by atoms with van der Waals surface area (Å²) in [6.45, 7) is 0. The summed E-state index contributed by atoms with van der Waals surface area (Å²) in [7, 11) is 5.01. The standard InChI is InChI=1S/CHO.ClH.Zn/c1-2;;/h1H;1H;/q;;+1. The van der Waals surface area contributed by atoms with E-state index in [2.05, 4.69) is 0 Å². The van der Waals surface area contributed by atoms with Crippen molar-refractivity contribution in [1.82, 2.24) is 0 Å². The van der Waals surface area contributed by atoms with Crippen LogP contribution >= 0.6 is 9.69 Å². The number of hydrogen-bond donors (Lipinski definition) is 0. The van der Waals surface area contributed by atoms with Crippen LogP contribution < -0.4 is 0 Å². The van der Waals surface area contributed by atoms with Gasteiger partial charge in [0.25, 0.3) is 0 Å². The Balaban J connectivity index is 0. The zero-order valence-electron chi connectivity index (χ0n) is 3.07. The van der Waals surface area contributed by atoms with Gasteiger partial charge in [-0.25, -0.2) is 0 Å². The molecule has 0 bridgehead atoms. The maximum absolute atomic E-state index is 9.12. The predicted octanol–water partition coefficient (Wildman–Crippen LogP) is 0.525. The molecule has 0 saturated heterocycles. The maximum atomic E-state index is 9.12. The summed E-state index contributed by atoms with van der Waals surface area (Å²) in [6.07, 6.45) is 0. The molecular formula is CH2ClOZn+. The number of hydrogen-bond acceptors (Lipinski definition) is 1. The minimum atomic E-state index is -1.10. The van der Waals surface area contributed by atoms with Crippen LogP contribution in [0, 0.1) is 0 Å². The van der Waals surface area contributed by atoms with E-state index in [1.54, 1.807) is 0 Å². The largest absolute Gasteiger partial charge is 1.00 e. The Bertz CT molecular complexity index is 25.6. The average Bonchev–Trinajstić information content (AvgIpc) is 1.37. The molecule has 0 heterocycles. The van der Waals surface area contributed by atoms with Crippen molar-refractivity contribution in [2.75, 3.05) is 0 Å². The zero-order chi connectivity index (χ0) is 3.41. The van der Waals surface area contributed by atoms with E-state index in [0.29, 0.717) is 0 Å². The smallest absolute Gasteiger partial charge is 1.00 e. The van der Waals surface area contributed by atoms with E-state index >= 15 is 0 Å². The third-order valence-corrected chi connectivity index (χ3v) is 0.982. The fourth-order valence-electron chi connectivity index (χ4n) is 0. The Morgan fingerprint density at radius 1 is 2.25 bits per heavy atom. The predicted molar refractivity (Wildman–Crippen MR) is 13.7 cm³/mol. The number of carbonyl (C=O) groups excluding carboxylic acids is 1. The van der Waals surface area contributed by atoms with E-state index in [-0.39, 0.29) is 1.43 Å². The van der Waals surface area contributed by atoms with Gasteiger partial charge in [-0.3, -0.25) is 0 Å². The molecule has 0 aliphatic rings. The second kappa shape index (κ2) is 3.58. The van der Waals surface area contributed by atoms with E-state index in [1.165, 1.54) is 0 Å². The number of carbonyl (C=O) groups is 1. The van der Waals surface area contributed by atoms with Gasteiger partial charge in [0.05, 0.1) is 0 Å². The summed E-state index contributed by atoms with van der Waals surface area (Å²) in [5.74, 6) is 0. The van der Waals surface area contributed by atoms with Gasteiger partial charge in [-0.2, -0.15) is 0 Å². The third kappa shape index (κ3) is 2.58. The Kier molecular flexibility index (Phi) is 4.11. The monoisotopic (exact) mass is 129 g/mol. The van der Waals surface area contributed by atoms with Gasteiger partial charge < -0.3 is 0 Å². The van der Waals surface area contributed by atoms with Crippen LogP contribution in [0.5, 0.6) is 0 Å². The molecule has 0 rings (SSSR count). The first kappa shape index (κ1) is 4.58. The van der Waals surface area contributed by atoms with Crippen LogP contribution in [0.1, 0.15) is 1.43 Å². The van der Waals surface area contributed by atoms with E-state index < -0.39 is 16.1 Å². The second-order valence-corrected chi connectivity index (χ2v) is 3.27. The first-order valence-electron chi connectivity index (χ1n) is 0.911. The first-order valence-corrected chi connectivity index (χ1v) is 6.52. The molecule has 0 N–H and O–H groups in total. The molecule has 0 aliphatic heterocycles. The van der Waals surface area contributed by atoms with Gasteiger partial charge in [-0.15, -0.1) is 0 Å². The van der Waals surface area contributed by atoms with Crippen molar-refractivity contribution < 1.29 is 22.4 Å². The first-order chi connectivity index (χ1) is 1.91. The molecular weight excluding hydrogens is 129 g/mol. The third-order valence-electron chi connectivity index (χ3n) is 0.0630. The Morgan fingerprint density at radius 2 is 2.50 bits per heavy atom. The summed E-state index contributed by atoms with van der Waals surface area (Å²) in [5, 5.41) is 0. The van der Waals surface area contributed by atoms with Gasteiger partial charge >= 0.3 is 36.9 Å². The topological polar surface area (TPSA) is 17.1 Å². The normalized spacial score (nSPS) is 4.25. The van der Waals surface area contributed by atoms with E-state index in [9.17, 15) is 0 Å². The van der Waals surface area contributed by atoms with Gasteiger partial charge in [0.1, 0.15) is 0 Å². The molecule has 0 unspecified atom stereocenters. The van der Waals surface area contributed by atoms with Crippen LogP contribution in [0.2, 0.25) is 0 Å². The molecule has 0 spiro atoms. The van der Waals surface area contributed by atoms with Crippen molar-refractivity contribution in [2.45, 2.75) is 0 Å². The quantitative estimate of drug-likeness (QED) is 0.374. The Morgan fingerprint density at radius 3 is 2.50 bits per heavy atom. The summed E-state index contributed by atoms with van der Waals surface area (Å²) >= 11 is -1.10. The molecule has 0 atom stereocenters. The van der Waals surface area contributed by atoms with E-state index in [4.69, 9.17) is 14.5 Å². The van der Waals surface area contributed by atoms with Gasteiger partial charge in [0, 0.05) is 0 Å². The van der Waals surface area contributed by atoms with Crippen LogP contribution in [0.25, 0.3) is 0 Å². The van der Waals surface area contributed by atoms with Gasteiger partial charge in [0.2, 0.25) is 0 Å². The molecule has 0 amide bonds. The fourth-order valence-corrected chi connectivity index (χ4v) is 0.